The number of anilines is 1. The molecule has 0 saturated heterocycles. The number of hydrazone groups is 1. The van der Waals surface area contributed by atoms with E-state index < -0.39 is 5.91 Å². The maximum atomic E-state index is 12.6. The fraction of sp³-hybridized carbons (Fsp3) is 0.294. The number of methoxy groups -OCH3 is 1. The summed E-state index contributed by atoms with van der Waals surface area (Å²) in [7, 11) is 1.57. The highest BCUT2D eigenvalue weighted by Crippen LogP contribution is 2.19. The monoisotopic (exact) mass is 384 g/mol. The van der Waals surface area contributed by atoms with Gasteiger partial charge >= 0.3 is 0 Å². The molecule has 146 valence electrons. The molecule has 0 spiro atoms. The summed E-state index contributed by atoms with van der Waals surface area (Å²) in [5.41, 5.74) is 10.2. The molecule has 3 rings (SSSR count). The Morgan fingerprint density at radius 3 is 2.82 bits per heavy atom. The lowest BCUT2D eigenvalue weighted by Gasteiger charge is -2.08. The number of hydrogen-bond donors (Lipinski definition) is 2. The number of para-hydroxylation sites is 1. The van der Waals surface area contributed by atoms with Gasteiger partial charge in [-0.25, -0.2) is 10.1 Å². The third kappa shape index (κ3) is 3.68. The van der Waals surface area contributed by atoms with Gasteiger partial charge in [0.25, 0.3) is 5.91 Å². The van der Waals surface area contributed by atoms with Gasteiger partial charge in [0.05, 0.1) is 18.5 Å². The number of aromatic nitrogens is 5. The molecular weight excluding hydrogens is 364 g/mol. The first-order chi connectivity index (χ1) is 13.6. The van der Waals surface area contributed by atoms with Crippen molar-refractivity contribution >= 4 is 17.4 Å². The van der Waals surface area contributed by atoms with E-state index in [2.05, 4.69) is 35.8 Å². The number of nitrogens with one attached hydrogen (secondary N) is 1. The van der Waals surface area contributed by atoms with Crippen LogP contribution >= 0.6 is 0 Å². The molecule has 0 bridgehead atoms. The first-order valence-electron chi connectivity index (χ1n) is 8.57. The predicted octanol–water partition coefficient (Wildman–Crippen LogP) is 1.35. The lowest BCUT2D eigenvalue weighted by atomic mass is 10.1. The molecule has 3 N–H and O–H groups in total. The molecule has 0 radical (unpaired) electrons. The minimum Gasteiger partial charge on any atom is -0.496 e. The van der Waals surface area contributed by atoms with Crippen molar-refractivity contribution < 1.29 is 14.2 Å². The summed E-state index contributed by atoms with van der Waals surface area (Å²) in [4.78, 5) is 12.6. The minimum absolute atomic E-state index is 0.0549. The van der Waals surface area contributed by atoms with Gasteiger partial charge in [0, 0.05) is 5.56 Å². The molecule has 1 aromatic carbocycles. The quantitative estimate of drug-likeness (QED) is 0.458. The van der Waals surface area contributed by atoms with Crippen molar-refractivity contribution in [3.63, 3.8) is 0 Å². The number of amides is 1. The molecule has 28 heavy (non-hydrogen) atoms. The van der Waals surface area contributed by atoms with Crippen LogP contribution in [-0.4, -0.2) is 44.0 Å². The van der Waals surface area contributed by atoms with Crippen molar-refractivity contribution in [1.29, 1.82) is 0 Å². The Labute approximate surface area is 160 Å². The highest BCUT2D eigenvalue weighted by Gasteiger charge is 2.23. The number of carbonyl (C=O) groups excluding carboxylic acids is 1. The predicted molar refractivity (Wildman–Crippen MR) is 100 cm³/mol. The van der Waals surface area contributed by atoms with Crippen molar-refractivity contribution in [3.05, 3.63) is 41.2 Å². The summed E-state index contributed by atoms with van der Waals surface area (Å²) < 4.78 is 11.3. The molecule has 11 heteroatoms. The summed E-state index contributed by atoms with van der Waals surface area (Å²) >= 11 is 0. The molecule has 3 aromatic rings. The average Bonchev–Trinajstić information content (AvgIpc) is 3.31. The highest BCUT2D eigenvalue weighted by molar-refractivity contribution is 6.02. The molecule has 0 aliphatic carbocycles. The Hall–Kier alpha value is -3.76. The summed E-state index contributed by atoms with van der Waals surface area (Å²) in [6.45, 7) is 3.73. The van der Waals surface area contributed by atoms with E-state index in [1.54, 1.807) is 14.0 Å². The number of nitrogen functional groups attached to an aromatic ring is 1. The SMILES string of the molecule is CCCc1c(C(=O)NN=C(C)c2ccccc2OC)nnn1-c1nonc1N. The number of carbonyl (C=O) groups is 1. The molecule has 1 amide bonds. The zero-order chi connectivity index (χ0) is 20.1. The van der Waals surface area contributed by atoms with Gasteiger partial charge in [0.2, 0.25) is 11.6 Å². The van der Waals surface area contributed by atoms with Crippen LogP contribution in [0.2, 0.25) is 0 Å². The third-order valence-corrected chi connectivity index (χ3v) is 3.98. The van der Waals surface area contributed by atoms with Gasteiger partial charge in [0.15, 0.2) is 5.69 Å². The van der Waals surface area contributed by atoms with Crippen molar-refractivity contribution in [2.45, 2.75) is 26.7 Å². The second-order valence-electron chi connectivity index (χ2n) is 5.86. The number of rotatable bonds is 7. The number of benzene rings is 1. The molecule has 11 nitrogen and oxygen atoms in total. The summed E-state index contributed by atoms with van der Waals surface area (Å²) in [5, 5.41) is 19.3. The fourth-order valence-corrected chi connectivity index (χ4v) is 2.64. The van der Waals surface area contributed by atoms with E-state index in [1.165, 1.54) is 4.68 Å². The van der Waals surface area contributed by atoms with Crippen LogP contribution in [0.4, 0.5) is 5.82 Å². The van der Waals surface area contributed by atoms with Gasteiger partial charge in [-0.15, -0.1) is 5.10 Å². The molecule has 0 aliphatic heterocycles. The summed E-state index contributed by atoms with van der Waals surface area (Å²) in [6.07, 6.45) is 1.28. The molecule has 0 aliphatic rings. The van der Waals surface area contributed by atoms with E-state index in [9.17, 15) is 4.79 Å². The molecule has 2 aromatic heterocycles. The van der Waals surface area contributed by atoms with E-state index in [0.29, 0.717) is 23.6 Å². The Balaban J connectivity index is 1.87. The van der Waals surface area contributed by atoms with Crippen LogP contribution in [0.25, 0.3) is 5.82 Å². The van der Waals surface area contributed by atoms with Crippen LogP contribution in [0.3, 0.4) is 0 Å². The molecular formula is C17H20N8O3. The zero-order valence-corrected chi connectivity index (χ0v) is 15.7. The number of nitrogens with two attached hydrogens (primary N) is 1. The summed E-state index contributed by atoms with van der Waals surface area (Å²) in [5.74, 6) is 0.395. The lowest BCUT2D eigenvalue weighted by Crippen LogP contribution is -2.22. The molecule has 0 atom stereocenters. The summed E-state index contributed by atoms with van der Waals surface area (Å²) in [6, 6.07) is 7.38. The lowest BCUT2D eigenvalue weighted by molar-refractivity contribution is 0.0948. The van der Waals surface area contributed by atoms with Gasteiger partial charge in [-0.05, 0) is 35.8 Å². The Morgan fingerprint density at radius 1 is 1.36 bits per heavy atom. The van der Waals surface area contributed by atoms with Crippen LogP contribution < -0.4 is 15.9 Å². The molecule has 2 heterocycles. The van der Waals surface area contributed by atoms with Gasteiger partial charge in [-0.2, -0.15) is 9.78 Å². The maximum absolute atomic E-state index is 12.6. The standard InChI is InChI=1S/C17H20N8O3/c1-4-7-12-14(20-24-25(12)16-15(18)22-28-23-16)17(26)21-19-10(2)11-8-5-6-9-13(11)27-3/h5-6,8-9H,4,7H2,1-3H3,(H2,18,22)(H,21,26). The maximum Gasteiger partial charge on any atom is 0.293 e. The second kappa shape index (κ2) is 8.29. The number of ether oxygens (including phenoxy) is 1. The topological polar surface area (TPSA) is 146 Å². The van der Waals surface area contributed by atoms with E-state index in [-0.39, 0.29) is 17.3 Å². The van der Waals surface area contributed by atoms with Gasteiger partial charge < -0.3 is 10.5 Å². The highest BCUT2D eigenvalue weighted by atomic mass is 16.6. The van der Waals surface area contributed by atoms with E-state index >= 15 is 0 Å². The van der Waals surface area contributed by atoms with Crippen LogP contribution in [0.15, 0.2) is 34.0 Å². The van der Waals surface area contributed by atoms with E-state index in [1.807, 2.05) is 31.2 Å². The van der Waals surface area contributed by atoms with Gasteiger partial charge in [-0.1, -0.05) is 30.7 Å². The van der Waals surface area contributed by atoms with Crippen LogP contribution in [0.5, 0.6) is 5.75 Å². The van der Waals surface area contributed by atoms with Crippen LogP contribution in [0, 0.1) is 0 Å². The normalized spacial score (nSPS) is 11.5. The molecule has 0 fully saturated rings. The van der Waals surface area contributed by atoms with Crippen molar-refractivity contribution in [3.8, 4) is 11.6 Å². The Kier molecular flexibility index (Phi) is 5.63. The largest absolute Gasteiger partial charge is 0.496 e. The van der Waals surface area contributed by atoms with Crippen LogP contribution in [-0.2, 0) is 6.42 Å². The van der Waals surface area contributed by atoms with Crippen molar-refractivity contribution in [1.82, 2.24) is 30.7 Å². The van der Waals surface area contributed by atoms with Crippen molar-refractivity contribution in [2.24, 2.45) is 5.10 Å². The smallest absolute Gasteiger partial charge is 0.293 e. The molecule has 0 unspecified atom stereocenters. The fourth-order valence-electron chi connectivity index (χ4n) is 2.64. The average molecular weight is 384 g/mol. The Morgan fingerprint density at radius 2 is 2.14 bits per heavy atom. The van der Waals surface area contributed by atoms with Crippen LogP contribution in [0.1, 0.15) is 42.0 Å². The van der Waals surface area contributed by atoms with E-state index in [4.69, 9.17) is 10.5 Å². The second-order valence-corrected chi connectivity index (χ2v) is 5.86. The number of nitrogens with zero attached hydrogens (tertiary/aromatic N) is 6. The first-order valence-corrected chi connectivity index (χ1v) is 8.57. The third-order valence-electron chi connectivity index (χ3n) is 3.98. The number of hydrogen-bond acceptors (Lipinski definition) is 9. The van der Waals surface area contributed by atoms with Gasteiger partial charge in [-0.3, -0.25) is 4.79 Å². The minimum atomic E-state index is -0.501. The van der Waals surface area contributed by atoms with E-state index in [0.717, 1.165) is 12.0 Å². The van der Waals surface area contributed by atoms with Gasteiger partial charge in [0.1, 0.15) is 5.75 Å². The zero-order valence-electron chi connectivity index (χ0n) is 15.7. The van der Waals surface area contributed by atoms with Crippen molar-refractivity contribution in [2.75, 3.05) is 12.8 Å². The first kappa shape index (κ1) is 19.0. The molecule has 0 saturated carbocycles. The Bertz CT molecular complexity index is 1010.